The third kappa shape index (κ3) is 3.81. The Balaban J connectivity index is 2.34. The molecule has 1 fully saturated rings. The average molecular weight is 314 g/mol. The molecule has 1 aromatic rings. The molecule has 0 atom stereocenters. The number of nitrogens with two attached hydrogens (primary N) is 1. The van der Waals surface area contributed by atoms with Gasteiger partial charge in [-0.3, -0.25) is 0 Å². The summed E-state index contributed by atoms with van der Waals surface area (Å²) in [4.78, 5) is -0.249. The monoisotopic (exact) mass is 314 g/mol. The van der Waals surface area contributed by atoms with E-state index in [-0.39, 0.29) is 17.5 Å². The summed E-state index contributed by atoms with van der Waals surface area (Å²) < 4.78 is 41.0. The average Bonchev–Trinajstić information content (AvgIpc) is 3.23. The summed E-state index contributed by atoms with van der Waals surface area (Å²) in [6.07, 6.45) is 2.49. The zero-order valence-electron chi connectivity index (χ0n) is 12.5. The molecular weight excluding hydrogens is 291 g/mol. The molecule has 0 amide bonds. The molecule has 2 rings (SSSR count). The van der Waals surface area contributed by atoms with Gasteiger partial charge in [0.1, 0.15) is 10.7 Å². The van der Waals surface area contributed by atoms with Crippen LogP contribution >= 0.6 is 0 Å². The molecule has 118 valence electrons. The molecule has 0 heterocycles. The summed E-state index contributed by atoms with van der Waals surface area (Å²) >= 11 is 0. The highest BCUT2D eigenvalue weighted by Gasteiger charge is 2.38. The van der Waals surface area contributed by atoms with Crippen molar-refractivity contribution in [2.24, 2.45) is 11.7 Å². The van der Waals surface area contributed by atoms with E-state index in [1.54, 1.807) is 0 Å². The summed E-state index contributed by atoms with van der Waals surface area (Å²) in [6.45, 7) is 4.73. The van der Waals surface area contributed by atoms with E-state index in [0.29, 0.717) is 18.0 Å². The van der Waals surface area contributed by atoms with Gasteiger partial charge in [0.05, 0.1) is 0 Å². The minimum absolute atomic E-state index is 0.0229. The van der Waals surface area contributed by atoms with Gasteiger partial charge in [0.2, 0.25) is 10.0 Å². The largest absolute Gasteiger partial charge is 0.326 e. The first-order valence-corrected chi connectivity index (χ1v) is 8.80. The second-order valence-corrected chi connectivity index (χ2v) is 7.86. The molecule has 0 bridgehead atoms. The van der Waals surface area contributed by atoms with E-state index in [2.05, 4.69) is 0 Å². The molecule has 2 N–H and O–H groups in total. The maximum absolute atomic E-state index is 14.0. The van der Waals surface area contributed by atoms with E-state index >= 15 is 0 Å². The fourth-order valence-electron chi connectivity index (χ4n) is 2.25. The quantitative estimate of drug-likeness (QED) is 0.841. The predicted octanol–water partition coefficient (Wildman–Crippen LogP) is 2.48. The molecule has 21 heavy (non-hydrogen) atoms. The molecule has 1 aliphatic rings. The molecule has 0 spiro atoms. The van der Waals surface area contributed by atoms with E-state index in [4.69, 9.17) is 5.73 Å². The smallest absolute Gasteiger partial charge is 0.246 e. The summed E-state index contributed by atoms with van der Waals surface area (Å²) in [7, 11) is -3.79. The summed E-state index contributed by atoms with van der Waals surface area (Å²) in [5.41, 5.74) is 6.15. The van der Waals surface area contributed by atoms with E-state index in [0.717, 1.165) is 19.3 Å². The van der Waals surface area contributed by atoms with Gasteiger partial charge in [0, 0.05) is 19.1 Å². The van der Waals surface area contributed by atoms with Crippen molar-refractivity contribution < 1.29 is 12.8 Å². The third-order valence-electron chi connectivity index (χ3n) is 3.70. The maximum atomic E-state index is 14.0. The SMILES string of the molecule is CC(C)CCN(C1CC1)S(=O)(=O)c1cc(CN)ccc1F. The molecule has 4 nitrogen and oxygen atoms in total. The van der Waals surface area contributed by atoms with Gasteiger partial charge in [-0.15, -0.1) is 0 Å². The maximum Gasteiger partial charge on any atom is 0.246 e. The molecule has 6 heteroatoms. The van der Waals surface area contributed by atoms with E-state index in [1.807, 2.05) is 13.8 Å². The third-order valence-corrected chi connectivity index (χ3v) is 5.67. The van der Waals surface area contributed by atoms with Crippen LogP contribution in [-0.2, 0) is 16.6 Å². The van der Waals surface area contributed by atoms with Crippen LogP contribution in [0.4, 0.5) is 4.39 Å². The number of benzene rings is 1. The van der Waals surface area contributed by atoms with Crippen molar-refractivity contribution in [3.05, 3.63) is 29.6 Å². The molecule has 0 aromatic heterocycles. The minimum Gasteiger partial charge on any atom is -0.326 e. The standard InChI is InChI=1S/C15H23FN2O2S/c1-11(2)7-8-18(13-4-5-13)21(19,20)15-9-12(10-17)3-6-14(15)16/h3,6,9,11,13H,4-5,7-8,10,17H2,1-2H3. The van der Waals surface area contributed by atoms with Gasteiger partial charge in [0.15, 0.2) is 0 Å². The van der Waals surface area contributed by atoms with Gasteiger partial charge in [0.25, 0.3) is 0 Å². The van der Waals surface area contributed by atoms with Gasteiger partial charge >= 0.3 is 0 Å². The van der Waals surface area contributed by atoms with Crippen molar-refractivity contribution in [3.8, 4) is 0 Å². The number of sulfonamides is 1. The highest BCUT2D eigenvalue weighted by Crippen LogP contribution is 2.33. The van der Waals surface area contributed by atoms with Crippen LogP contribution in [0.15, 0.2) is 23.1 Å². The first-order chi connectivity index (χ1) is 9.86. The van der Waals surface area contributed by atoms with Crippen LogP contribution in [0.2, 0.25) is 0 Å². The van der Waals surface area contributed by atoms with Crippen molar-refractivity contribution >= 4 is 10.0 Å². The highest BCUT2D eigenvalue weighted by molar-refractivity contribution is 7.89. The summed E-state index contributed by atoms with van der Waals surface area (Å²) in [5, 5.41) is 0. The zero-order chi connectivity index (χ0) is 15.6. The molecule has 1 aliphatic carbocycles. The number of halogens is 1. The van der Waals surface area contributed by atoms with Crippen LogP contribution in [-0.4, -0.2) is 25.3 Å². The van der Waals surface area contributed by atoms with Crippen LogP contribution in [0.5, 0.6) is 0 Å². The Bertz CT molecular complexity index is 598. The van der Waals surface area contributed by atoms with Gasteiger partial charge in [-0.2, -0.15) is 4.31 Å². The topological polar surface area (TPSA) is 63.4 Å². The number of hydrogen-bond acceptors (Lipinski definition) is 3. The molecular formula is C15H23FN2O2S. The molecule has 1 saturated carbocycles. The lowest BCUT2D eigenvalue weighted by Gasteiger charge is -2.23. The van der Waals surface area contributed by atoms with Gasteiger partial charge in [-0.05, 0) is 42.9 Å². The molecule has 0 aliphatic heterocycles. The van der Waals surface area contributed by atoms with Crippen molar-refractivity contribution in [3.63, 3.8) is 0 Å². The Labute approximate surface area is 126 Å². The Morgan fingerprint density at radius 2 is 2.05 bits per heavy atom. The number of rotatable bonds is 7. The Morgan fingerprint density at radius 3 is 2.57 bits per heavy atom. The van der Waals surface area contributed by atoms with Crippen LogP contribution in [0.1, 0.15) is 38.7 Å². The summed E-state index contributed by atoms with van der Waals surface area (Å²) in [5.74, 6) is -0.302. The second-order valence-electron chi connectivity index (χ2n) is 6.00. The molecule has 0 saturated heterocycles. The number of hydrogen-bond donors (Lipinski definition) is 1. The lowest BCUT2D eigenvalue weighted by atomic mass is 10.1. The Hall–Kier alpha value is -0.980. The Kier molecular flexibility index (Phi) is 5.01. The first kappa shape index (κ1) is 16.4. The first-order valence-electron chi connectivity index (χ1n) is 7.36. The fraction of sp³-hybridized carbons (Fsp3) is 0.600. The fourth-order valence-corrected chi connectivity index (χ4v) is 4.06. The van der Waals surface area contributed by atoms with Crippen LogP contribution in [0.3, 0.4) is 0 Å². The van der Waals surface area contributed by atoms with Crippen molar-refractivity contribution in [1.82, 2.24) is 4.31 Å². The van der Waals surface area contributed by atoms with Gasteiger partial charge < -0.3 is 5.73 Å². The zero-order valence-corrected chi connectivity index (χ0v) is 13.4. The van der Waals surface area contributed by atoms with Crippen LogP contribution in [0.25, 0.3) is 0 Å². The summed E-state index contributed by atoms with van der Waals surface area (Å²) in [6, 6.07) is 4.08. The van der Waals surface area contributed by atoms with Crippen molar-refractivity contribution in [1.29, 1.82) is 0 Å². The van der Waals surface area contributed by atoms with E-state index < -0.39 is 15.8 Å². The molecule has 0 unspecified atom stereocenters. The number of nitrogens with zero attached hydrogens (tertiary/aromatic N) is 1. The molecule has 1 aromatic carbocycles. The lowest BCUT2D eigenvalue weighted by molar-refractivity contribution is 0.371. The van der Waals surface area contributed by atoms with Crippen molar-refractivity contribution in [2.45, 2.75) is 50.6 Å². The van der Waals surface area contributed by atoms with Gasteiger partial charge in [-0.1, -0.05) is 19.9 Å². The minimum atomic E-state index is -3.79. The highest BCUT2D eigenvalue weighted by atomic mass is 32.2. The predicted molar refractivity (Wildman–Crippen MR) is 80.7 cm³/mol. The van der Waals surface area contributed by atoms with Crippen LogP contribution < -0.4 is 5.73 Å². The van der Waals surface area contributed by atoms with E-state index in [1.165, 1.54) is 22.5 Å². The van der Waals surface area contributed by atoms with E-state index in [9.17, 15) is 12.8 Å². The lowest BCUT2D eigenvalue weighted by Crippen LogP contribution is -2.35. The molecule has 0 radical (unpaired) electrons. The van der Waals surface area contributed by atoms with Crippen LogP contribution in [0, 0.1) is 11.7 Å². The second kappa shape index (κ2) is 6.42. The van der Waals surface area contributed by atoms with Gasteiger partial charge in [-0.25, -0.2) is 12.8 Å². The Morgan fingerprint density at radius 1 is 1.38 bits per heavy atom. The normalized spacial score (nSPS) is 15.9. The van der Waals surface area contributed by atoms with Crippen molar-refractivity contribution in [2.75, 3.05) is 6.54 Å².